The molecule has 15 heavy (non-hydrogen) atoms. The third kappa shape index (κ3) is 104. The van der Waals surface area contributed by atoms with Gasteiger partial charge in [-0.15, -0.1) is 0 Å². The van der Waals surface area contributed by atoms with Crippen LogP contribution in [-0.4, -0.2) is 0 Å². The van der Waals surface area contributed by atoms with Crippen LogP contribution < -0.4 is 0 Å². The molecule has 7 heteroatoms. The second-order valence-electron chi connectivity index (χ2n) is 1.39. The summed E-state index contributed by atoms with van der Waals surface area (Å²) < 4.78 is 0. The normalized spacial score (nSPS) is 4.00. The molecule has 0 fully saturated rings. The van der Waals surface area contributed by atoms with E-state index in [0.717, 1.165) is 12.8 Å². The zero-order valence-corrected chi connectivity index (χ0v) is 27.6. The third-order valence-electron chi connectivity index (χ3n) is 0.577. The number of rotatable bonds is 2. The number of thiol groups is 1. The molecule has 0 heterocycles. The first-order valence-corrected chi connectivity index (χ1v) is 2.97. The molecule has 0 amide bonds. The molecule has 0 spiro atoms. The predicted octanol–water partition coefficient (Wildman–Crippen LogP) is 2.58. The molecular formula is C8H17SW3Y3-3. The Morgan fingerprint density at radius 2 is 0.867 bits per heavy atom. The van der Waals surface area contributed by atoms with Crippen molar-refractivity contribution in [2.24, 2.45) is 0 Å². The first kappa shape index (κ1) is 58.7. The van der Waals surface area contributed by atoms with E-state index in [1.807, 2.05) is 26.7 Å². The van der Waals surface area contributed by atoms with Gasteiger partial charge in [0.25, 0.3) is 0 Å². The molecule has 0 aliphatic rings. The van der Waals surface area contributed by atoms with Gasteiger partial charge < -0.3 is 53.0 Å². The second kappa shape index (κ2) is 73.1. The summed E-state index contributed by atoms with van der Waals surface area (Å²) in [5.74, 6) is 0. The minimum Gasteiger partial charge on any atom is -0.813 e. The largest absolute Gasteiger partial charge is 2.00 e. The van der Waals surface area contributed by atoms with Crippen LogP contribution in [0, 0.1) is 26.7 Å². The standard InChI is InChI=1S/2C4H8.H2S.3W.3Y/c2*1-3-4-2;;;;;;;/h2*4H,1,3H2,2H3;1H2;;;;;;/q2*-2;;;;+2;;;/p-1. The van der Waals surface area contributed by atoms with Crippen LogP contribution in [0.25, 0.3) is 0 Å². The van der Waals surface area contributed by atoms with Crippen LogP contribution in [0.4, 0.5) is 0 Å². The average Bonchev–Trinajstić information content (AvgIpc) is 1.88. The fourth-order valence-corrected chi connectivity index (χ4v) is 0. The molecule has 0 aliphatic carbocycles. The van der Waals surface area contributed by atoms with Crippen molar-refractivity contribution in [3.8, 4) is 0 Å². The zero-order valence-electron chi connectivity index (χ0n) is 9.39. The molecule has 0 aromatic heterocycles. The second-order valence-corrected chi connectivity index (χ2v) is 1.39. The van der Waals surface area contributed by atoms with Gasteiger partial charge in [-0.1, -0.05) is 0 Å². The molecule has 0 rings (SSSR count). The Hall–Kier alpha value is 5.73. The maximum atomic E-state index is 3.55. The van der Waals surface area contributed by atoms with Crippen molar-refractivity contribution in [1.82, 2.24) is 0 Å². The minimum atomic E-state index is 0. The number of hydrogen-bond donors (Lipinski definition) is 0. The molecule has 0 N–H and O–H groups in total. The summed E-state index contributed by atoms with van der Waals surface area (Å²) in [6.07, 6.45) is 5.92. The summed E-state index contributed by atoms with van der Waals surface area (Å²) in [6.45, 7) is 11.1. The summed E-state index contributed by atoms with van der Waals surface area (Å²) in [5, 5.41) is 0. The Bertz CT molecular complexity index is 33.1. The van der Waals surface area contributed by atoms with E-state index >= 15 is 0 Å². The van der Waals surface area contributed by atoms with Gasteiger partial charge in [-0.05, 0) is 0 Å². The van der Waals surface area contributed by atoms with Gasteiger partial charge >= 0.3 is 21.1 Å². The molecule has 0 saturated heterocycles. The van der Waals surface area contributed by atoms with E-state index in [1.165, 1.54) is 0 Å². The number of unbranched alkanes of at least 4 members (excludes halogenated alkanes) is 2. The van der Waals surface area contributed by atoms with Gasteiger partial charge in [-0.3, -0.25) is 0 Å². The van der Waals surface area contributed by atoms with Gasteiger partial charge in [-0.2, -0.15) is 13.8 Å². The topological polar surface area (TPSA) is 0 Å². The average molecular weight is 964 g/mol. The first-order valence-electron chi connectivity index (χ1n) is 2.97. The first-order chi connectivity index (χ1) is 3.83. The van der Waals surface area contributed by atoms with Gasteiger partial charge in [0.1, 0.15) is 0 Å². The van der Waals surface area contributed by atoms with Crippen molar-refractivity contribution < 1.29 is 161 Å². The molecule has 0 aliphatic heterocycles. The Morgan fingerprint density at radius 1 is 0.800 bits per heavy atom. The fraction of sp³-hybridized carbons (Fsp3) is 0.500. The number of hydrogen-bond acceptors (Lipinski definition) is 1. The Balaban J connectivity index is -0.00000000468. The van der Waals surface area contributed by atoms with Gasteiger partial charge in [0, 0.05) is 140 Å². The van der Waals surface area contributed by atoms with Crippen molar-refractivity contribution in [2.75, 3.05) is 0 Å². The van der Waals surface area contributed by atoms with Crippen molar-refractivity contribution in [3.63, 3.8) is 0 Å². The van der Waals surface area contributed by atoms with Crippen LogP contribution in [0.5, 0.6) is 0 Å². The van der Waals surface area contributed by atoms with Crippen molar-refractivity contribution >= 4 is 13.5 Å². The quantitative estimate of drug-likeness (QED) is 0.234. The van der Waals surface area contributed by atoms with Crippen LogP contribution in [0.15, 0.2) is 0 Å². The van der Waals surface area contributed by atoms with E-state index in [4.69, 9.17) is 0 Å². The molecule has 0 aromatic carbocycles. The van der Waals surface area contributed by atoms with Crippen LogP contribution in [0.1, 0.15) is 26.7 Å². The fourth-order valence-electron chi connectivity index (χ4n) is 0. The summed E-state index contributed by atoms with van der Waals surface area (Å²) in [5.41, 5.74) is 0. The van der Waals surface area contributed by atoms with E-state index in [2.05, 4.69) is 13.8 Å². The van der Waals surface area contributed by atoms with Gasteiger partial charge in [0.2, 0.25) is 0 Å². The molecule has 0 nitrogen and oxygen atoms in total. The van der Waals surface area contributed by atoms with Crippen LogP contribution in [0.2, 0.25) is 0 Å². The summed E-state index contributed by atoms with van der Waals surface area (Å²) in [4.78, 5) is 0. The Labute approximate surface area is 223 Å². The van der Waals surface area contributed by atoms with E-state index < -0.39 is 0 Å². The zero-order chi connectivity index (χ0) is 6.83. The Kier molecular flexibility index (Phi) is 286. The molecule has 0 unspecified atom stereocenters. The summed E-state index contributed by atoms with van der Waals surface area (Å²) in [7, 11) is 0. The van der Waals surface area contributed by atoms with Gasteiger partial charge in [0.05, 0.1) is 0 Å². The maximum Gasteiger partial charge on any atom is 2.00 e. The van der Waals surface area contributed by atoms with Crippen LogP contribution >= 0.6 is 0 Å². The summed E-state index contributed by atoms with van der Waals surface area (Å²) in [6, 6.07) is 0. The van der Waals surface area contributed by atoms with Crippen molar-refractivity contribution in [1.29, 1.82) is 0 Å². The van der Waals surface area contributed by atoms with E-state index in [1.54, 1.807) is 0 Å². The molecule has 0 saturated carbocycles. The summed E-state index contributed by atoms with van der Waals surface area (Å²) >= 11 is 0. The molecular weight excluding hydrogens is 946 g/mol. The van der Waals surface area contributed by atoms with E-state index in [0.29, 0.717) is 0 Å². The monoisotopic (exact) mass is 964 g/mol. The smallest absolute Gasteiger partial charge is 0.813 e. The van der Waals surface area contributed by atoms with Crippen molar-refractivity contribution in [2.45, 2.75) is 26.7 Å². The van der Waals surface area contributed by atoms with Gasteiger partial charge in [0.15, 0.2) is 0 Å². The predicted molar refractivity (Wildman–Crippen MR) is 48.7 cm³/mol. The van der Waals surface area contributed by atoms with Crippen LogP contribution in [-0.2, 0) is 175 Å². The third-order valence-corrected chi connectivity index (χ3v) is 0.577. The molecule has 0 atom stereocenters. The van der Waals surface area contributed by atoms with Crippen LogP contribution in [0.3, 0.4) is 0 Å². The minimum absolute atomic E-state index is 0. The molecule has 0 bridgehead atoms. The molecule has 85 valence electrons. The van der Waals surface area contributed by atoms with E-state index in [9.17, 15) is 0 Å². The maximum absolute atomic E-state index is 3.55. The SMILES string of the molecule is [CH2-]C[CH-]C.[CH2-]C[CH-]C.[SH-].[W+2].[W].[W].[Y].[Y].[Y]. The van der Waals surface area contributed by atoms with Gasteiger partial charge in [-0.25, -0.2) is 0 Å². The molecule has 0 aromatic rings. The Morgan fingerprint density at radius 3 is 0.867 bits per heavy atom. The van der Waals surface area contributed by atoms with Crippen molar-refractivity contribution in [3.05, 3.63) is 26.7 Å². The van der Waals surface area contributed by atoms with E-state index in [-0.39, 0.29) is 175 Å². The molecule has 3 radical (unpaired) electrons.